The largest absolute Gasteiger partial charge is 0.483 e. The van der Waals surface area contributed by atoms with Crippen LogP contribution in [-0.2, 0) is 11.3 Å². The lowest BCUT2D eigenvalue weighted by Crippen LogP contribution is -2.50. The minimum Gasteiger partial charge on any atom is -0.423 e. The number of anilines is 1. The lowest BCUT2D eigenvalue weighted by molar-refractivity contribution is -0.193. The van der Waals surface area contributed by atoms with Gasteiger partial charge in [-0.05, 0) is 32.0 Å². The highest BCUT2D eigenvalue weighted by Gasteiger charge is 2.51. The zero-order valence-corrected chi connectivity index (χ0v) is 15.2. The van der Waals surface area contributed by atoms with Gasteiger partial charge in [-0.2, -0.15) is 8.78 Å². The second-order valence-corrected chi connectivity index (χ2v) is 6.63. The number of nitrogens with zero attached hydrogens (tertiary/aromatic N) is 3. The Bertz CT molecular complexity index is 1090. The van der Waals surface area contributed by atoms with Gasteiger partial charge < -0.3 is 9.84 Å². The predicted molar refractivity (Wildman–Crippen MR) is 98.1 cm³/mol. The third kappa shape index (κ3) is 2.95. The maximum absolute atomic E-state index is 14.3. The smallest absolute Gasteiger partial charge is 0.423 e. The van der Waals surface area contributed by atoms with Crippen LogP contribution in [0.1, 0.15) is 30.0 Å². The van der Waals surface area contributed by atoms with Crippen molar-refractivity contribution in [1.29, 1.82) is 0 Å². The van der Waals surface area contributed by atoms with Gasteiger partial charge in [0.25, 0.3) is 0 Å². The topological polar surface area (TPSA) is 75.6 Å². The molecule has 0 unspecified atom stereocenters. The maximum atomic E-state index is 14.3. The van der Waals surface area contributed by atoms with E-state index in [0.29, 0.717) is 22.4 Å². The molecule has 144 valence electrons. The van der Waals surface area contributed by atoms with Crippen molar-refractivity contribution in [3.05, 3.63) is 59.4 Å². The molecule has 0 fully saturated rings. The van der Waals surface area contributed by atoms with E-state index >= 15 is 0 Å². The van der Waals surface area contributed by atoms with Gasteiger partial charge in [-0.1, -0.05) is 24.3 Å². The third-order valence-electron chi connectivity index (χ3n) is 4.64. The van der Waals surface area contributed by atoms with Gasteiger partial charge in [0.2, 0.25) is 0 Å². The quantitative estimate of drug-likeness (QED) is 0.747. The number of carbonyl (C=O) groups is 1. The molecule has 8 heteroatoms. The minimum absolute atomic E-state index is 0.156. The summed E-state index contributed by atoms with van der Waals surface area (Å²) in [5.41, 5.74) is 2.56. The first-order chi connectivity index (χ1) is 13.3. The highest BCUT2D eigenvalue weighted by molar-refractivity contribution is 6.01. The Kier molecular flexibility index (Phi) is 4.23. The fourth-order valence-electron chi connectivity index (χ4n) is 3.21. The number of amides is 1. The molecule has 2 aromatic carbocycles. The molecule has 1 aliphatic rings. The van der Waals surface area contributed by atoms with E-state index in [2.05, 4.69) is 14.7 Å². The van der Waals surface area contributed by atoms with Gasteiger partial charge in [0.15, 0.2) is 5.75 Å². The maximum Gasteiger partial charge on any atom is 0.483 e. The monoisotopic (exact) mass is 385 g/mol. The Morgan fingerprint density at radius 3 is 2.50 bits per heavy atom. The highest BCUT2D eigenvalue weighted by atomic mass is 19.3. The summed E-state index contributed by atoms with van der Waals surface area (Å²) in [4.78, 5) is 22.3. The van der Waals surface area contributed by atoms with Crippen molar-refractivity contribution in [3.8, 4) is 5.75 Å². The summed E-state index contributed by atoms with van der Waals surface area (Å²) in [5, 5.41) is 9.90. The van der Waals surface area contributed by atoms with Crippen molar-refractivity contribution in [2.45, 2.75) is 32.6 Å². The van der Waals surface area contributed by atoms with Gasteiger partial charge in [-0.25, -0.2) is 9.97 Å². The number of carbonyl (C=O) groups excluding carboxylic acids is 1. The van der Waals surface area contributed by atoms with Crippen LogP contribution >= 0.6 is 0 Å². The number of hydrogen-bond donors (Lipinski definition) is 1. The fraction of sp³-hybridized carbons (Fsp3) is 0.250. The van der Waals surface area contributed by atoms with Crippen LogP contribution in [0.25, 0.3) is 11.0 Å². The standard InChI is InChI=1S/C20H17F2N3O3/c1-11-16(24-15-8-4-3-7-14(15)23-11)10-25-17-9-5-6-13(12(2)26)18(17)28-20(21,22)19(25)27/h3-9,12,26H,10H2,1-2H3/t12-/m0/s1. The van der Waals surface area contributed by atoms with E-state index < -0.39 is 18.1 Å². The normalized spacial score (nSPS) is 16.6. The molecular weight excluding hydrogens is 368 g/mol. The first-order valence-electron chi connectivity index (χ1n) is 8.70. The summed E-state index contributed by atoms with van der Waals surface area (Å²) in [6.45, 7) is 2.96. The number of halogens is 2. The van der Waals surface area contributed by atoms with Crippen LogP contribution in [0.15, 0.2) is 42.5 Å². The zero-order chi connectivity index (χ0) is 20.1. The fourth-order valence-corrected chi connectivity index (χ4v) is 3.21. The van der Waals surface area contributed by atoms with Crippen LogP contribution in [-0.4, -0.2) is 27.1 Å². The van der Waals surface area contributed by atoms with Crippen LogP contribution in [0.5, 0.6) is 5.75 Å². The Morgan fingerprint density at radius 1 is 1.14 bits per heavy atom. The van der Waals surface area contributed by atoms with E-state index in [1.807, 2.05) is 6.07 Å². The van der Waals surface area contributed by atoms with E-state index in [-0.39, 0.29) is 23.5 Å². The molecule has 2 heterocycles. The molecule has 1 amide bonds. The number of aromatic nitrogens is 2. The highest BCUT2D eigenvalue weighted by Crippen LogP contribution is 2.44. The lowest BCUT2D eigenvalue weighted by Gasteiger charge is -2.34. The number of aryl methyl sites for hydroxylation is 1. The predicted octanol–water partition coefficient (Wildman–Crippen LogP) is 3.51. The summed E-state index contributed by atoms with van der Waals surface area (Å²) >= 11 is 0. The zero-order valence-electron chi connectivity index (χ0n) is 15.2. The first-order valence-corrected chi connectivity index (χ1v) is 8.70. The summed E-state index contributed by atoms with van der Waals surface area (Å²) in [5.74, 6) is -1.70. The SMILES string of the molecule is Cc1nc2ccccc2nc1CN1C(=O)C(F)(F)Oc2c([C@H](C)O)cccc21. The number of para-hydroxylation sites is 3. The van der Waals surface area contributed by atoms with Crippen molar-refractivity contribution < 1.29 is 23.4 Å². The molecule has 1 N–H and O–H groups in total. The summed E-state index contributed by atoms with van der Waals surface area (Å²) in [6.07, 6.45) is -5.08. The lowest BCUT2D eigenvalue weighted by atomic mass is 10.1. The van der Waals surface area contributed by atoms with Crippen molar-refractivity contribution in [3.63, 3.8) is 0 Å². The van der Waals surface area contributed by atoms with Crippen molar-refractivity contribution >= 4 is 22.6 Å². The van der Waals surface area contributed by atoms with Gasteiger partial charge in [0.1, 0.15) is 0 Å². The molecule has 1 aliphatic heterocycles. The van der Waals surface area contributed by atoms with Crippen molar-refractivity contribution in [2.24, 2.45) is 0 Å². The first kappa shape index (κ1) is 18.2. The number of ether oxygens (including phenoxy) is 1. The van der Waals surface area contributed by atoms with Crippen LogP contribution in [0, 0.1) is 6.92 Å². The number of aliphatic hydroxyl groups excluding tert-OH is 1. The summed E-state index contributed by atoms with van der Waals surface area (Å²) in [7, 11) is 0. The minimum atomic E-state index is -4.05. The number of fused-ring (bicyclic) bond motifs is 2. The van der Waals surface area contributed by atoms with Gasteiger partial charge >= 0.3 is 12.0 Å². The number of hydrogen-bond acceptors (Lipinski definition) is 5. The molecule has 0 spiro atoms. The Labute approximate surface area is 159 Å². The number of rotatable bonds is 3. The third-order valence-corrected chi connectivity index (χ3v) is 4.64. The molecular formula is C20H17F2N3O3. The Balaban J connectivity index is 1.83. The van der Waals surface area contributed by atoms with E-state index in [9.17, 15) is 18.7 Å². The van der Waals surface area contributed by atoms with Gasteiger partial charge in [0, 0.05) is 5.56 Å². The molecule has 0 aliphatic carbocycles. The number of aliphatic hydroxyl groups is 1. The van der Waals surface area contributed by atoms with E-state index in [0.717, 1.165) is 4.90 Å². The van der Waals surface area contributed by atoms with Gasteiger partial charge in [-0.15, -0.1) is 0 Å². The van der Waals surface area contributed by atoms with Crippen molar-refractivity contribution in [2.75, 3.05) is 4.90 Å². The molecule has 6 nitrogen and oxygen atoms in total. The molecule has 0 radical (unpaired) electrons. The summed E-state index contributed by atoms with van der Waals surface area (Å²) in [6, 6.07) is 11.8. The van der Waals surface area contributed by atoms with Gasteiger partial charge in [0.05, 0.1) is 40.8 Å². The van der Waals surface area contributed by atoms with Crippen LogP contribution < -0.4 is 9.64 Å². The average molecular weight is 385 g/mol. The summed E-state index contributed by atoms with van der Waals surface area (Å²) < 4.78 is 33.3. The Morgan fingerprint density at radius 2 is 1.82 bits per heavy atom. The van der Waals surface area contributed by atoms with Crippen LogP contribution in [0.3, 0.4) is 0 Å². The van der Waals surface area contributed by atoms with E-state index in [1.54, 1.807) is 31.2 Å². The van der Waals surface area contributed by atoms with Crippen molar-refractivity contribution in [1.82, 2.24) is 9.97 Å². The van der Waals surface area contributed by atoms with E-state index in [4.69, 9.17) is 0 Å². The van der Waals surface area contributed by atoms with Crippen LogP contribution in [0.2, 0.25) is 0 Å². The molecule has 4 rings (SSSR count). The molecule has 3 aromatic rings. The number of alkyl halides is 2. The number of benzene rings is 2. The molecule has 1 aromatic heterocycles. The molecule has 0 saturated heterocycles. The van der Waals surface area contributed by atoms with Crippen LogP contribution in [0.4, 0.5) is 14.5 Å². The second-order valence-electron chi connectivity index (χ2n) is 6.63. The molecule has 28 heavy (non-hydrogen) atoms. The molecule has 1 atom stereocenters. The second kappa shape index (κ2) is 6.49. The molecule has 0 bridgehead atoms. The molecule has 0 saturated carbocycles. The average Bonchev–Trinajstić information content (AvgIpc) is 2.65. The Hall–Kier alpha value is -3.13. The van der Waals surface area contributed by atoms with E-state index in [1.165, 1.54) is 19.1 Å². The van der Waals surface area contributed by atoms with Gasteiger partial charge in [-0.3, -0.25) is 9.69 Å².